The van der Waals surface area contributed by atoms with E-state index in [4.69, 9.17) is 0 Å². The molecule has 2 aliphatic rings. The van der Waals surface area contributed by atoms with Gasteiger partial charge < -0.3 is 10.2 Å². The SMILES string of the molecule is Cn1ccc(C(=O)N2CCC(N3CCCC(C(=O)NCc4cccnc4)C3)CC2)n1. The fourth-order valence-corrected chi connectivity index (χ4v) is 4.51. The molecule has 0 radical (unpaired) electrons. The van der Waals surface area contributed by atoms with Crippen molar-refractivity contribution >= 4 is 11.8 Å². The molecule has 2 aliphatic heterocycles. The second-order valence-electron chi connectivity index (χ2n) is 8.31. The average molecular weight is 411 g/mol. The summed E-state index contributed by atoms with van der Waals surface area (Å²) in [6, 6.07) is 6.06. The van der Waals surface area contributed by atoms with E-state index >= 15 is 0 Å². The van der Waals surface area contributed by atoms with E-state index in [0.29, 0.717) is 18.3 Å². The van der Waals surface area contributed by atoms with Gasteiger partial charge in [0.15, 0.2) is 0 Å². The first kappa shape index (κ1) is 20.5. The second-order valence-corrected chi connectivity index (χ2v) is 8.31. The van der Waals surface area contributed by atoms with E-state index in [0.717, 1.165) is 57.4 Å². The zero-order valence-corrected chi connectivity index (χ0v) is 17.5. The maximum atomic E-state index is 12.7. The van der Waals surface area contributed by atoms with Crippen molar-refractivity contribution in [1.29, 1.82) is 0 Å². The predicted molar refractivity (Wildman–Crippen MR) is 113 cm³/mol. The lowest BCUT2D eigenvalue weighted by Gasteiger charge is -2.41. The molecule has 0 aromatic carbocycles. The molecule has 0 saturated carbocycles. The molecule has 2 aromatic rings. The molecule has 4 rings (SSSR count). The smallest absolute Gasteiger partial charge is 0.274 e. The number of piperidine rings is 2. The van der Waals surface area contributed by atoms with E-state index in [1.807, 2.05) is 24.1 Å². The molecule has 2 amide bonds. The molecular formula is C22H30N6O2. The molecule has 30 heavy (non-hydrogen) atoms. The van der Waals surface area contributed by atoms with Crippen LogP contribution in [0.3, 0.4) is 0 Å². The van der Waals surface area contributed by atoms with Crippen LogP contribution in [0, 0.1) is 5.92 Å². The molecule has 2 aromatic heterocycles. The number of hydrogen-bond acceptors (Lipinski definition) is 5. The van der Waals surface area contributed by atoms with Gasteiger partial charge in [-0.05, 0) is 49.9 Å². The second kappa shape index (κ2) is 9.38. The van der Waals surface area contributed by atoms with Gasteiger partial charge in [0.05, 0.1) is 5.92 Å². The number of nitrogens with one attached hydrogen (secondary N) is 1. The normalized spacial score (nSPS) is 20.8. The zero-order valence-electron chi connectivity index (χ0n) is 17.5. The zero-order chi connectivity index (χ0) is 20.9. The molecule has 8 heteroatoms. The molecule has 0 spiro atoms. The number of pyridine rings is 1. The third-order valence-corrected chi connectivity index (χ3v) is 6.21. The molecule has 160 valence electrons. The minimum atomic E-state index is 0.0142. The molecule has 0 aliphatic carbocycles. The van der Waals surface area contributed by atoms with Crippen LogP contribution in [0.25, 0.3) is 0 Å². The van der Waals surface area contributed by atoms with Crippen LogP contribution in [0.1, 0.15) is 41.7 Å². The molecule has 8 nitrogen and oxygen atoms in total. The molecule has 1 atom stereocenters. The Morgan fingerprint density at radius 2 is 2.00 bits per heavy atom. The largest absolute Gasteiger partial charge is 0.352 e. The summed E-state index contributed by atoms with van der Waals surface area (Å²) in [7, 11) is 1.82. The van der Waals surface area contributed by atoms with Crippen molar-refractivity contribution in [1.82, 2.24) is 29.9 Å². The van der Waals surface area contributed by atoms with Crippen LogP contribution in [0.15, 0.2) is 36.8 Å². The lowest BCUT2D eigenvalue weighted by molar-refractivity contribution is -0.127. The lowest BCUT2D eigenvalue weighted by Crippen LogP contribution is -2.51. The van der Waals surface area contributed by atoms with Crippen molar-refractivity contribution in [2.45, 2.75) is 38.3 Å². The Labute approximate surface area is 177 Å². The fourth-order valence-electron chi connectivity index (χ4n) is 4.51. The van der Waals surface area contributed by atoms with E-state index in [1.54, 1.807) is 29.3 Å². The predicted octanol–water partition coefficient (Wildman–Crippen LogP) is 1.45. The molecule has 0 bridgehead atoms. The highest BCUT2D eigenvalue weighted by Gasteiger charge is 2.33. The number of likely N-dealkylation sites (tertiary alicyclic amines) is 2. The topological polar surface area (TPSA) is 83.4 Å². The van der Waals surface area contributed by atoms with E-state index in [9.17, 15) is 9.59 Å². The quantitative estimate of drug-likeness (QED) is 0.807. The first-order chi connectivity index (χ1) is 14.6. The third kappa shape index (κ3) is 4.87. The van der Waals surface area contributed by atoms with Gasteiger partial charge in [0.1, 0.15) is 5.69 Å². The first-order valence-corrected chi connectivity index (χ1v) is 10.8. The number of carbonyl (C=O) groups excluding carboxylic acids is 2. The Balaban J connectivity index is 1.26. The van der Waals surface area contributed by atoms with E-state index in [2.05, 4.69) is 20.3 Å². The summed E-state index contributed by atoms with van der Waals surface area (Å²) in [5.74, 6) is 0.176. The van der Waals surface area contributed by atoms with Crippen LogP contribution in [-0.4, -0.2) is 68.6 Å². The van der Waals surface area contributed by atoms with Gasteiger partial charge in [-0.1, -0.05) is 6.07 Å². The number of aryl methyl sites for hydroxylation is 1. The summed E-state index contributed by atoms with van der Waals surface area (Å²) in [6.45, 7) is 3.85. The van der Waals surface area contributed by atoms with Crippen molar-refractivity contribution in [2.24, 2.45) is 13.0 Å². The number of aromatic nitrogens is 3. The molecule has 4 heterocycles. The maximum Gasteiger partial charge on any atom is 0.274 e. The lowest BCUT2D eigenvalue weighted by atomic mass is 9.93. The van der Waals surface area contributed by atoms with Gasteiger partial charge >= 0.3 is 0 Å². The highest BCUT2D eigenvalue weighted by molar-refractivity contribution is 5.92. The molecule has 2 saturated heterocycles. The van der Waals surface area contributed by atoms with Crippen LogP contribution in [0.4, 0.5) is 0 Å². The highest BCUT2D eigenvalue weighted by atomic mass is 16.2. The van der Waals surface area contributed by atoms with Crippen LogP contribution in [0.5, 0.6) is 0 Å². The number of rotatable bonds is 5. The molecular weight excluding hydrogens is 380 g/mol. The van der Waals surface area contributed by atoms with E-state index in [1.165, 1.54) is 0 Å². The van der Waals surface area contributed by atoms with Crippen molar-refractivity contribution in [2.75, 3.05) is 26.2 Å². The van der Waals surface area contributed by atoms with Crippen LogP contribution >= 0.6 is 0 Å². The van der Waals surface area contributed by atoms with Crippen molar-refractivity contribution in [3.05, 3.63) is 48.0 Å². The van der Waals surface area contributed by atoms with Gasteiger partial charge in [-0.2, -0.15) is 5.10 Å². The van der Waals surface area contributed by atoms with Crippen LogP contribution < -0.4 is 5.32 Å². The summed E-state index contributed by atoms with van der Waals surface area (Å²) in [5, 5.41) is 7.30. The van der Waals surface area contributed by atoms with Gasteiger partial charge in [-0.25, -0.2) is 0 Å². The summed E-state index contributed by atoms with van der Waals surface area (Å²) in [5.41, 5.74) is 1.53. The average Bonchev–Trinajstić information content (AvgIpc) is 3.24. The molecule has 1 N–H and O–H groups in total. The number of amides is 2. The van der Waals surface area contributed by atoms with Gasteiger partial charge in [0.2, 0.25) is 5.91 Å². The van der Waals surface area contributed by atoms with E-state index in [-0.39, 0.29) is 17.7 Å². The highest BCUT2D eigenvalue weighted by Crippen LogP contribution is 2.24. The number of carbonyl (C=O) groups is 2. The first-order valence-electron chi connectivity index (χ1n) is 10.8. The summed E-state index contributed by atoms with van der Waals surface area (Å²) in [6.07, 6.45) is 9.19. The van der Waals surface area contributed by atoms with Crippen LogP contribution in [0.2, 0.25) is 0 Å². The fraction of sp³-hybridized carbons (Fsp3) is 0.545. The summed E-state index contributed by atoms with van der Waals surface area (Å²) in [4.78, 5) is 33.7. The molecule has 2 fully saturated rings. The standard InChI is InChI=1S/C22H30N6O2/c1-26-11-8-20(25-26)22(30)27-12-6-19(7-13-27)28-10-3-5-18(16-28)21(29)24-15-17-4-2-9-23-14-17/h2,4,8-9,11,14,18-19H,3,5-7,10,12-13,15-16H2,1H3,(H,24,29). The van der Waals surface area contributed by atoms with E-state index < -0.39 is 0 Å². The Morgan fingerprint density at radius 1 is 1.17 bits per heavy atom. The number of nitrogens with zero attached hydrogens (tertiary/aromatic N) is 5. The van der Waals surface area contributed by atoms with Crippen LogP contribution in [-0.2, 0) is 18.4 Å². The van der Waals surface area contributed by atoms with Gasteiger partial charge in [-0.3, -0.25) is 24.2 Å². The van der Waals surface area contributed by atoms with Crippen molar-refractivity contribution in [3.8, 4) is 0 Å². The monoisotopic (exact) mass is 410 g/mol. The summed E-state index contributed by atoms with van der Waals surface area (Å²) >= 11 is 0. The van der Waals surface area contributed by atoms with Gasteiger partial charge in [0.25, 0.3) is 5.91 Å². The number of hydrogen-bond donors (Lipinski definition) is 1. The van der Waals surface area contributed by atoms with Gasteiger partial charge in [-0.15, -0.1) is 0 Å². The third-order valence-electron chi connectivity index (χ3n) is 6.21. The Kier molecular flexibility index (Phi) is 6.42. The van der Waals surface area contributed by atoms with Gasteiger partial charge in [0, 0.05) is 57.9 Å². The minimum Gasteiger partial charge on any atom is -0.352 e. The Hall–Kier alpha value is -2.74. The molecule has 1 unspecified atom stereocenters. The minimum absolute atomic E-state index is 0.0142. The maximum absolute atomic E-state index is 12.7. The Bertz CT molecular complexity index is 860. The summed E-state index contributed by atoms with van der Waals surface area (Å²) < 4.78 is 1.66. The van der Waals surface area contributed by atoms with Crippen molar-refractivity contribution in [3.63, 3.8) is 0 Å². The Morgan fingerprint density at radius 3 is 2.70 bits per heavy atom. The van der Waals surface area contributed by atoms with Crippen molar-refractivity contribution < 1.29 is 9.59 Å².